The molecule has 0 heterocycles. The van der Waals surface area contributed by atoms with Crippen LogP contribution in [0.3, 0.4) is 0 Å². The SMILES string of the molecule is C[C@@H](CCO)C(=O)O[C@H]1CCC=C2C=C[C@H](C)[C@H](CC[C@@H](O)C[C@@H](O)CC(=O)[O-])[C@H]21.[3HH].[3HH].[Na+]. The van der Waals surface area contributed by atoms with Crippen LogP contribution in [0.15, 0.2) is 23.8 Å². The normalized spacial score (nSPS) is 27.8. The Labute approximate surface area is 209 Å². The van der Waals surface area contributed by atoms with Gasteiger partial charge in [-0.2, -0.15) is 0 Å². The van der Waals surface area contributed by atoms with Gasteiger partial charge < -0.3 is 30.0 Å². The number of aliphatic hydroxyl groups is 3. The van der Waals surface area contributed by atoms with Gasteiger partial charge in [0.1, 0.15) is 6.10 Å². The van der Waals surface area contributed by atoms with E-state index in [0.717, 1.165) is 18.4 Å². The topological polar surface area (TPSA) is 127 Å². The van der Waals surface area contributed by atoms with Crippen LogP contribution in [0.1, 0.15) is 61.6 Å². The van der Waals surface area contributed by atoms with Crippen LogP contribution in [0.5, 0.6) is 0 Å². The van der Waals surface area contributed by atoms with Crippen molar-refractivity contribution < 1.29 is 67.2 Å². The van der Waals surface area contributed by atoms with Gasteiger partial charge in [-0.15, -0.1) is 0 Å². The van der Waals surface area contributed by atoms with E-state index in [1.807, 2.05) is 0 Å². The van der Waals surface area contributed by atoms with E-state index in [4.69, 9.17) is 9.84 Å². The molecule has 8 heteroatoms. The minimum Gasteiger partial charge on any atom is -0.550 e. The molecule has 0 aromatic rings. The fourth-order valence-electron chi connectivity index (χ4n) is 4.62. The van der Waals surface area contributed by atoms with Crippen molar-refractivity contribution in [1.29, 1.82) is 0 Å². The summed E-state index contributed by atoms with van der Waals surface area (Å²) in [4.78, 5) is 23.0. The van der Waals surface area contributed by atoms with E-state index in [-0.39, 0.29) is 81.2 Å². The maximum absolute atomic E-state index is 12.4. The Balaban J connectivity index is 0. The minimum atomic E-state index is -1.34. The predicted octanol–water partition coefficient (Wildman–Crippen LogP) is -1.40. The first-order valence-corrected chi connectivity index (χ1v) is 11.0. The second-order valence-electron chi connectivity index (χ2n) is 8.77. The molecular weight excluding hydrogens is 411 g/mol. The molecule has 0 saturated carbocycles. The molecule has 0 bridgehead atoms. The predicted molar refractivity (Wildman–Crippen MR) is 113 cm³/mol. The van der Waals surface area contributed by atoms with Crippen molar-refractivity contribution in [3.8, 4) is 0 Å². The summed E-state index contributed by atoms with van der Waals surface area (Å²) in [6, 6.07) is 0. The van der Waals surface area contributed by atoms with Crippen molar-refractivity contribution in [2.75, 3.05) is 6.61 Å². The summed E-state index contributed by atoms with van der Waals surface area (Å²) in [6.07, 6.45) is 6.82. The molecule has 174 valence electrons. The van der Waals surface area contributed by atoms with Crippen LogP contribution in [0.2, 0.25) is 0 Å². The van der Waals surface area contributed by atoms with E-state index in [2.05, 4.69) is 25.2 Å². The minimum absolute atomic E-state index is 0. The third kappa shape index (κ3) is 8.63. The number of rotatable bonds is 11. The quantitative estimate of drug-likeness (QED) is 0.259. The van der Waals surface area contributed by atoms with E-state index in [9.17, 15) is 24.9 Å². The van der Waals surface area contributed by atoms with Crippen molar-refractivity contribution in [2.45, 2.75) is 77.1 Å². The number of hydrogen-bond acceptors (Lipinski definition) is 7. The van der Waals surface area contributed by atoms with Crippen molar-refractivity contribution in [2.24, 2.45) is 23.7 Å². The molecule has 31 heavy (non-hydrogen) atoms. The zero-order valence-electron chi connectivity index (χ0n) is 18.9. The Kier molecular flexibility index (Phi) is 12.6. The van der Waals surface area contributed by atoms with Gasteiger partial charge >= 0.3 is 35.5 Å². The average molecular weight is 455 g/mol. The van der Waals surface area contributed by atoms with Crippen LogP contribution in [-0.4, -0.2) is 52.2 Å². The smallest absolute Gasteiger partial charge is 0.550 e. The average Bonchev–Trinajstić information content (AvgIpc) is 2.66. The van der Waals surface area contributed by atoms with Crippen LogP contribution in [0.4, 0.5) is 0 Å². The van der Waals surface area contributed by atoms with E-state index in [0.29, 0.717) is 19.3 Å². The number of aliphatic hydroxyl groups excluding tert-OH is 3. The van der Waals surface area contributed by atoms with Gasteiger partial charge in [0.05, 0.1) is 18.1 Å². The standard InChI is InChI=1S/C23H36O7.Na.2H2/c1-14-6-7-16-4-3-5-20(30-23(29)15(2)10-11-24)22(16)19(14)9-8-17(25)12-18(26)13-21(27)28;;;/h4,6-7,14-15,17-20,22,24-26H,3,5,8-13H2,1-2H3,(H,27,28);;2*1H/q;+1;;/p-1/t14-,15-,17+,18+,19-,20-,22-;;;/m0.../s1/i;;2*1+2. The molecule has 0 aromatic carbocycles. The zero-order chi connectivity index (χ0) is 22.3. The molecule has 3 N–H and O–H groups in total. The Morgan fingerprint density at radius 1 is 1.29 bits per heavy atom. The summed E-state index contributed by atoms with van der Waals surface area (Å²) < 4.78 is 5.87. The number of carboxylic acid groups (broad SMARTS) is 1. The molecule has 0 fully saturated rings. The van der Waals surface area contributed by atoms with E-state index >= 15 is 0 Å². The number of carbonyl (C=O) groups excluding carboxylic acids is 2. The van der Waals surface area contributed by atoms with E-state index in [1.54, 1.807) is 6.92 Å². The van der Waals surface area contributed by atoms with Gasteiger partial charge in [-0.05, 0) is 55.9 Å². The summed E-state index contributed by atoms with van der Waals surface area (Å²) in [7, 11) is 0. The van der Waals surface area contributed by atoms with Crippen LogP contribution in [0, 0.1) is 23.7 Å². The number of ether oxygens (including phenoxy) is 1. The maximum Gasteiger partial charge on any atom is 1.00 e. The van der Waals surface area contributed by atoms with Gasteiger partial charge in [-0.25, -0.2) is 0 Å². The van der Waals surface area contributed by atoms with Crippen LogP contribution < -0.4 is 34.7 Å². The van der Waals surface area contributed by atoms with Gasteiger partial charge in [0.2, 0.25) is 0 Å². The molecule has 0 amide bonds. The fourth-order valence-corrected chi connectivity index (χ4v) is 4.62. The van der Waals surface area contributed by atoms with Crippen molar-refractivity contribution in [3.05, 3.63) is 23.8 Å². The van der Waals surface area contributed by atoms with E-state index < -0.39 is 24.6 Å². The molecule has 2 aliphatic carbocycles. The molecule has 2 aliphatic rings. The van der Waals surface area contributed by atoms with Crippen LogP contribution in [0.25, 0.3) is 0 Å². The number of carboxylic acids is 1. The van der Waals surface area contributed by atoms with Gasteiger partial charge in [-0.3, -0.25) is 4.79 Å². The first-order chi connectivity index (χ1) is 14.2. The second kappa shape index (κ2) is 13.8. The zero-order valence-corrected chi connectivity index (χ0v) is 20.9. The maximum atomic E-state index is 12.4. The monoisotopic (exact) mass is 454 g/mol. The molecule has 7 nitrogen and oxygen atoms in total. The Morgan fingerprint density at radius 2 is 2.00 bits per heavy atom. The van der Waals surface area contributed by atoms with E-state index in [1.165, 1.54) is 0 Å². The van der Waals surface area contributed by atoms with Crippen LogP contribution >= 0.6 is 0 Å². The summed E-state index contributed by atoms with van der Waals surface area (Å²) in [6.45, 7) is 3.81. The fraction of sp³-hybridized carbons (Fsp3) is 0.739. The summed E-state index contributed by atoms with van der Waals surface area (Å²) in [5.74, 6) is -1.53. The largest absolute Gasteiger partial charge is 1.00 e. The third-order valence-electron chi connectivity index (χ3n) is 6.36. The molecule has 7 atom stereocenters. The molecule has 0 saturated heterocycles. The van der Waals surface area contributed by atoms with Crippen molar-refractivity contribution in [1.82, 2.24) is 0 Å². The number of carbonyl (C=O) groups is 2. The van der Waals surface area contributed by atoms with Crippen LogP contribution in [-0.2, 0) is 14.3 Å². The van der Waals surface area contributed by atoms with Crippen molar-refractivity contribution >= 4 is 11.9 Å². The first kappa shape index (κ1) is 28.3. The second-order valence-corrected chi connectivity index (χ2v) is 8.77. The summed E-state index contributed by atoms with van der Waals surface area (Å²) in [5.41, 5.74) is 1.16. The summed E-state index contributed by atoms with van der Waals surface area (Å²) in [5, 5.41) is 39.7. The molecule has 0 spiro atoms. The van der Waals surface area contributed by atoms with Crippen molar-refractivity contribution in [3.63, 3.8) is 0 Å². The van der Waals surface area contributed by atoms with Gasteiger partial charge in [-0.1, -0.05) is 32.1 Å². The Morgan fingerprint density at radius 3 is 2.65 bits per heavy atom. The first-order valence-electron chi connectivity index (χ1n) is 11.0. The molecule has 0 aliphatic heterocycles. The number of aliphatic carboxylic acids is 1. The molecule has 0 unspecified atom stereocenters. The number of allylic oxidation sites excluding steroid dienone is 3. The number of fused-ring (bicyclic) bond motifs is 1. The molecular formula is C23H39NaO7. The number of hydrogen-bond donors (Lipinski definition) is 3. The molecule has 0 aromatic heterocycles. The molecule has 0 radical (unpaired) electrons. The van der Waals surface area contributed by atoms with Gasteiger partial charge in [0.25, 0.3) is 0 Å². The Bertz CT molecular complexity index is 659. The summed E-state index contributed by atoms with van der Waals surface area (Å²) >= 11 is 0. The number of esters is 1. The third-order valence-corrected chi connectivity index (χ3v) is 6.36. The van der Waals surface area contributed by atoms with Gasteiger partial charge in [0.15, 0.2) is 0 Å². The Hall–Kier alpha value is -0.700. The molecule has 2 rings (SSSR count). The van der Waals surface area contributed by atoms with Gasteiger partial charge in [0, 0.05) is 27.8 Å².